The number of ether oxygens (including phenoxy) is 1. The van der Waals surface area contributed by atoms with Gasteiger partial charge < -0.3 is 15.0 Å². The lowest BCUT2D eigenvalue weighted by atomic mass is 9.92. The van der Waals surface area contributed by atoms with E-state index in [1.165, 1.54) is 11.6 Å². The molecule has 3 rings (SSSR count). The summed E-state index contributed by atoms with van der Waals surface area (Å²) in [5, 5.41) is 3.62. The number of alkyl halides is 3. The fraction of sp³-hybridized carbons (Fsp3) is 0.545. The van der Waals surface area contributed by atoms with Crippen LogP contribution in [0.2, 0.25) is 0 Å². The standard InChI is InChI=1S/C22H29F3N2O/c1-28-15-14-27-12-10-21(11-13-27)26-16-17-2-4-18(5-3-17)19-6-8-20(9-7-19)22(23,24)25/h2-8,20-21,26H,9-16H2,1H3. The van der Waals surface area contributed by atoms with Gasteiger partial charge in [0.15, 0.2) is 0 Å². The van der Waals surface area contributed by atoms with E-state index in [-0.39, 0.29) is 6.42 Å². The van der Waals surface area contributed by atoms with Crippen molar-refractivity contribution in [2.45, 2.75) is 38.0 Å². The third-order valence-electron chi connectivity index (χ3n) is 5.60. The molecule has 154 valence electrons. The lowest BCUT2D eigenvalue weighted by Crippen LogP contribution is -2.43. The number of benzene rings is 1. The summed E-state index contributed by atoms with van der Waals surface area (Å²) in [4.78, 5) is 2.44. The Morgan fingerprint density at radius 3 is 2.43 bits per heavy atom. The van der Waals surface area contributed by atoms with Gasteiger partial charge in [0, 0.05) is 26.2 Å². The molecule has 1 aromatic rings. The maximum absolute atomic E-state index is 12.7. The Labute approximate surface area is 165 Å². The molecule has 0 saturated carbocycles. The Bertz CT molecular complexity index is 674. The molecule has 0 bridgehead atoms. The second kappa shape index (κ2) is 9.72. The molecule has 1 aromatic carbocycles. The van der Waals surface area contributed by atoms with E-state index in [9.17, 15) is 13.2 Å². The maximum Gasteiger partial charge on any atom is 0.395 e. The van der Waals surface area contributed by atoms with Crippen LogP contribution in [0.15, 0.2) is 42.5 Å². The van der Waals surface area contributed by atoms with E-state index in [2.05, 4.69) is 22.3 Å². The van der Waals surface area contributed by atoms with Crippen molar-refractivity contribution in [2.75, 3.05) is 33.4 Å². The summed E-state index contributed by atoms with van der Waals surface area (Å²) in [6.45, 7) is 4.79. The zero-order valence-electron chi connectivity index (χ0n) is 16.3. The Kier molecular flexibility index (Phi) is 7.32. The lowest BCUT2D eigenvalue weighted by Gasteiger charge is -2.32. The van der Waals surface area contributed by atoms with Gasteiger partial charge in [0.25, 0.3) is 0 Å². The van der Waals surface area contributed by atoms with Crippen molar-refractivity contribution in [3.8, 4) is 0 Å². The van der Waals surface area contributed by atoms with E-state index < -0.39 is 12.1 Å². The summed E-state index contributed by atoms with van der Waals surface area (Å²) in [7, 11) is 1.74. The summed E-state index contributed by atoms with van der Waals surface area (Å²) in [5.74, 6) is -1.36. The molecule has 1 saturated heterocycles. The number of hydrogen-bond donors (Lipinski definition) is 1. The second-order valence-electron chi connectivity index (χ2n) is 7.59. The minimum atomic E-state index is -4.16. The number of nitrogens with one attached hydrogen (secondary N) is 1. The van der Waals surface area contributed by atoms with Gasteiger partial charge in [-0.25, -0.2) is 0 Å². The van der Waals surface area contributed by atoms with Crippen LogP contribution >= 0.6 is 0 Å². The normalized spacial score (nSPS) is 21.7. The summed E-state index contributed by atoms with van der Waals surface area (Å²) in [5.41, 5.74) is 3.02. The van der Waals surface area contributed by atoms with Crippen molar-refractivity contribution >= 4 is 5.57 Å². The largest absolute Gasteiger partial charge is 0.395 e. The van der Waals surface area contributed by atoms with Gasteiger partial charge in [0.2, 0.25) is 0 Å². The van der Waals surface area contributed by atoms with Crippen LogP contribution in [-0.4, -0.2) is 50.5 Å². The first kappa shape index (κ1) is 21.1. The van der Waals surface area contributed by atoms with E-state index in [1.807, 2.05) is 12.1 Å². The van der Waals surface area contributed by atoms with Crippen molar-refractivity contribution in [3.05, 3.63) is 53.6 Å². The number of likely N-dealkylation sites (tertiary alicyclic amines) is 1. The van der Waals surface area contributed by atoms with Gasteiger partial charge >= 0.3 is 6.18 Å². The molecule has 28 heavy (non-hydrogen) atoms. The molecule has 3 nitrogen and oxygen atoms in total. The van der Waals surface area contributed by atoms with E-state index in [4.69, 9.17) is 4.74 Å². The third kappa shape index (κ3) is 5.93. The van der Waals surface area contributed by atoms with Gasteiger partial charge in [-0.2, -0.15) is 13.2 Å². The van der Waals surface area contributed by atoms with E-state index >= 15 is 0 Å². The molecule has 1 unspecified atom stereocenters. The van der Waals surface area contributed by atoms with Gasteiger partial charge in [-0.05, 0) is 49.1 Å². The van der Waals surface area contributed by atoms with E-state index in [0.717, 1.165) is 56.8 Å². The molecule has 0 amide bonds. The van der Waals surface area contributed by atoms with Gasteiger partial charge in [0.1, 0.15) is 0 Å². The highest BCUT2D eigenvalue weighted by atomic mass is 19.4. The number of methoxy groups -OCH3 is 1. The zero-order chi connectivity index (χ0) is 20.0. The lowest BCUT2D eigenvalue weighted by molar-refractivity contribution is -0.160. The first-order valence-corrected chi connectivity index (χ1v) is 9.95. The highest BCUT2D eigenvalue weighted by molar-refractivity contribution is 5.75. The average molecular weight is 394 g/mol. The summed E-state index contributed by atoms with van der Waals surface area (Å²) >= 11 is 0. The Balaban J connectivity index is 1.44. The van der Waals surface area contributed by atoms with Crippen LogP contribution < -0.4 is 5.32 Å². The van der Waals surface area contributed by atoms with Gasteiger partial charge in [0.05, 0.1) is 12.5 Å². The Morgan fingerprint density at radius 1 is 1.14 bits per heavy atom. The van der Waals surface area contributed by atoms with Crippen molar-refractivity contribution < 1.29 is 17.9 Å². The van der Waals surface area contributed by atoms with Gasteiger partial charge in [-0.3, -0.25) is 0 Å². The molecule has 0 spiro atoms. The molecular weight excluding hydrogens is 365 g/mol. The zero-order valence-corrected chi connectivity index (χ0v) is 16.3. The molecule has 6 heteroatoms. The average Bonchev–Trinajstić information content (AvgIpc) is 2.71. The minimum Gasteiger partial charge on any atom is -0.383 e. The molecule has 1 N–H and O–H groups in total. The molecular formula is C22H29F3N2O. The maximum atomic E-state index is 12.7. The van der Waals surface area contributed by atoms with Crippen molar-refractivity contribution in [3.63, 3.8) is 0 Å². The number of nitrogens with zero attached hydrogens (tertiary/aromatic N) is 1. The first-order valence-electron chi connectivity index (χ1n) is 9.95. The van der Waals surface area contributed by atoms with Crippen LogP contribution in [0.25, 0.3) is 5.57 Å². The fourth-order valence-electron chi connectivity index (χ4n) is 3.74. The first-order chi connectivity index (χ1) is 13.5. The van der Waals surface area contributed by atoms with Gasteiger partial charge in [-0.15, -0.1) is 0 Å². The SMILES string of the molecule is COCCN1CCC(NCc2ccc(C3=CCC(C(F)(F)F)C=C3)cc2)CC1. The van der Waals surface area contributed by atoms with Crippen LogP contribution in [0.5, 0.6) is 0 Å². The van der Waals surface area contributed by atoms with Gasteiger partial charge in [-0.1, -0.05) is 42.5 Å². The van der Waals surface area contributed by atoms with E-state index in [1.54, 1.807) is 19.3 Å². The summed E-state index contributed by atoms with van der Waals surface area (Å²) in [6.07, 6.45) is 2.67. The highest BCUT2D eigenvalue weighted by Gasteiger charge is 2.37. The van der Waals surface area contributed by atoms with Crippen LogP contribution in [-0.2, 0) is 11.3 Å². The number of allylic oxidation sites excluding steroid dienone is 4. The summed E-state index contributed by atoms with van der Waals surface area (Å²) < 4.78 is 43.4. The van der Waals surface area contributed by atoms with Crippen LogP contribution in [0.3, 0.4) is 0 Å². The van der Waals surface area contributed by atoms with Crippen molar-refractivity contribution in [1.82, 2.24) is 10.2 Å². The monoisotopic (exact) mass is 394 g/mol. The van der Waals surface area contributed by atoms with Crippen LogP contribution in [0.4, 0.5) is 13.2 Å². The number of rotatable bonds is 7. The van der Waals surface area contributed by atoms with Crippen LogP contribution in [0.1, 0.15) is 30.4 Å². The predicted octanol–water partition coefficient (Wildman–Crippen LogP) is 4.41. The number of piperidine rings is 1. The molecule has 0 aromatic heterocycles. The molecule has 2 aliphatic rings. The smallest absolute Gasteiger partial charge is 0.383 e. The fourth-order valence-corrected chi connectivity index (χ4v) is 3.74. The van der Waals surface area contributed by atoms with Crippen molar-refractivity contribution in [2.24, 2.45) is 5.92 Å². The number of halogens is 3. The second-order valence-corrected chi connectivity index (χ2v) is 7.59. The minimum absolute atomic E-state index is 0.0156. The highest BCUT2D eigenvalue weighted by Crippen LogP contribution is 2.35. The van der Waals surface area contributed by atoms with E-state index in [0.29, 0.717) is 6.04 Å². The topological polar surface area (TPSA) is 24.5 Å². The molecule has 1 atom stereocenters. The third-order valence-corrected chi connectivity index (χ3v) is 5.60. The van der Waals surface area contributed by atoms with Crippen LogP contribution in [0, 0.1) is 5.92 Å². The quantitative estimate of drug-likeness (QED) is 0.742. The molecule has 1 aliphatic carbocycles. The Morgan fingerprint density at radius 2 is 1.86 bits per heavy atom. The summed E-state index contributed by atoms with van der Waals surface area (Å²) in [6, 6.07) is 8.63. The molecule has 0 radical (unpaired) electrons. The molecule has 1 aliphatic heterocycles. The number of hydrogen-bond acceptors (Lipinski definition) is 3. The predicted molar refractivity (Wildman–Crippen MR) is 106 cm³/mol. The Hall–Kier alpha value is -1.63. The molecule has 1 fully saturated rings. The molecule has 1 heterocycles. The van der Waals surface area contributed by atoms with Crippen molar-refractivity contribution in [1.29, 1.82) is 0 Å².